The van der Waals surface area contributed by atoms with Crippen LogP contribution in [0.5, 0.6) is 0 Å². The predicted molar refractivity (Wildman–Crippen MR) is 65.0 cm³/mol. The first-order valence-corrected chi connectivity index (χ1v) is 5.58. The molecule has 2 aromatic rings. The number of aromatic amines is 1. The van der Waals surface area contributed by atoms with E-state index < -0.39 is 12.2 Å². The van der Waals surface area contributed by atoms with Gasteiger partial charge in [0.2, 0.25) is 0 Å². The third-order valence-corrected chi connectivity index (χ3v) is 2.80. The summed E-state index contributed by atoms with van der Waals surface area (Å²) in [6, 6.07) is 4.66. The topological polar surface area (TPSA) is 106 Å². The molecule has 4 N–H and O–H groups in total. The normalized spacial score (nSPS) is 14.6. The van der Waals surface area contributed by atoms with Crippen molar-refractivity contribution >= 4 is 10.9 Å². The SMILES string of the molecule is O=c1[nH]cnc2cc(C(O)C(O)CCO)ccc12. The highest BCUT2D eigenvalue weighted by molar-refractivity contribution is 5.77. The van der Waals surface area contributed by atoms with E-state index in [2.05, 4.69) is 9.97 Å². The molecule has 0 amide bonds. The van der Waals surface area contributed by atoms with Crippen LogP contribution in [-0.4, -0.2) is 38.0 Å². The molecule has 0 spiro atoms. The fraction of sp³-hybridized carbons (Fsp3) is 0.333. The van der Waals surface area contributed by atoms with Gasteiger partial charge in [0, 0.05) is 6.61 Å². The summed E-state index contributed by atoms with van der Waals surface area (Å²) in [5.74, 6) is 0. The zero-order chi connectivity index (χ0) is 13.1. The van der Waals surface area contributed by atoms with Gasteiger partial charge in [-0.05, 0) is 24.1 Å². The van der Waals surface area contributed by atoms with Crippen molar-refractivity contribution in [2.24, 2.45) is 0 Å². The molecule has 2 rings (SSSR count). The zero-order valence-electron chi connectivity index (χ0n) is 9.58. The average molecular weight is 250 g/mol. The van der Waals surface area contributed by atoms with Gasteiger partial charge in [-0.25, -0.2) is 4.98 Å². The van der Waals surface area contributed by atoms with Crippen LogP contribution in [0.2, 0.25) is 0 Å². The molecule has 0 saturated carbocycles. The smallest absolute Gasteiger partial charge is 0.258 e. The molecular weight excluding hydrogens is 236 g/mol. The molecule has 0 fully saturated rings. The number of aliphatic hydroxyl groups excluding tert-OH is 3. The van der Waals surface area contributed by atoms with Gasteiger partial charge in [-0.1, -0.05) is 6.07 Å². The van der Waals surface area contributed by atoms with E-state index in [-0.39, 0.29) is 18.6 Å². The molecule has 6 nitrogen and oxygen atoms in total. The first-order chi connectivity index (χ1) is 8.63. The summed E-state index contributed by atoms with van der Waals surface area (Å²) >= 11 is 0. The Kier molecular flexibility index (Phi) is 3.71. The molecule has 0 aliphatic heterocycles. The molecule has 1 heterocycles. The molecule has 6 heteroatoms. The number of nitrogens with zero attached hydrogens (tertiary/aromatic N) is 1. The summed E-state index contributed by atoms with van der Waals surface area (Å²) in [6.45, 7) is -0.205. The van der Waals surface area contributed by atoms with Crippen molar-refractivity contribution in [2.75, 3.05) is 6.61 Å². The lowest BCUT2D eigenvalue weighted by Crippen LogP contribution is -2.19. The van der Waals surface area contributed by atoms with E-state index in [1.165, 1.54) is 6.33 Å². The molecule has 1 aromatic heterocycles. The lowest BCUT2D eigenvalue weighted by atomic mass is 10.0. The van der Waals surface area contributed by atoms with Gasteiger partial charge in [0.25, 0.3) is 5.56 Å². The Labute approximate surface area is 103 Å². The van der Waals surface area contributed by atoms with Gasteiger partial charge in [-0.3, -0.25) is 4.79 Å². The van der Waals surface area contributed by atoms with Crippen molar-refractivity contribution in [1.29, 1.82) is 0 Å². The Balaban J connectivity index is 2.38. The van der Waals surface area contributed by atoms with Gasteiger partial charge in [-0.2, -0.15) is 0 Å². The van der Waals surface area contributed by atoms with Gasteiger partial charge in [0.05, 0.1) is 23.3 Å². The van der Waals surface area contributed by atoms with E-state index in [9.17, 15) is 15.0 Å². The second-order valence-corrected chi connectivity index (χ2v) is 4.03. The number of nitrogens with one attached hydrogen (secondary N) is 1. The third kappa shape index (κ3) is 2.40. The van der Waals surface area contributed by atoms with Gasteiger partial charge < -0.3 is 20.3 Å². The van der Waals surface area contributed by atoms with E-state index in [1.54, 1.807) is 18.2 Å². The number of aliphatic hydroxyl groups is 3. The van der Waals surface area contributed by atoms with Gasteiger partial charge in [0.1, 0.15) is 6.10 Å². The quantitative estimate of drug-likeness (QED) is 0.596. The second-order valence-electron chi connectivity index (χ2n) is 4.03. The highest BCUT2D eigenvalue weighted by atomic mass is 16.3. The minimum Gasteiger partial charge on any atom is -0.396 e. The van der Waals surface area contributed by atoms with Crippen molar-refractivity contribution in [3.8, 4) is 0 Å². The number of hydrogen-bond donors (Lipinski definition) is 4. The first kappa shape index (κ1) is 12.7. The predicted octanol–water partition coefficient (Wildman–Crippen LogP) is -0.300. The van der Waals surface area contributed by atoms with Crippen LogP contribution in [-0.2, 0) is 0 Å². The van der Waals surface area contributed by atoms with Crippen LogP contribution in [0.1, 0.15) is 18.1 Å². The van der Waals surface area contributed by atoms with Gasteiger partial charge >= 0.3 is 0 Å². The molecular formula is C12H14N2O4. The minimum absolute atomic E-state index is 0.0853. The Hall–Kier alpha value is -1.76. The molecule has 2 atom stereocenters. The fourth-order valence-corrected chi connectivity index (χ4v) is 1.78. The summed E-state index contributed by atoms with van der Waals surface area (Å²) in [6.07, 6.45) is -0.787. The molecule has 0 saturated heterocycles. The highest BCUT2D eigenvalue weighted by Gasteiger charge is 2.18. The van der Waals surface area contributed by atoms with Crippen LogP contribution in [0.25, 0.3) is 10.9 Å². The number of aromatic nitrogens is 2. The molecule has 0 aliphatic rings. The minimum atomic E-state index is -1.11. The van der Waals surface area contributed by atoms with E-state index in [4.69, 9.17) is 5.11 Å². The highest BCUT2D eigenvalue weighted by Crippen LogP contribution is 2.21. The summed E-state index contributed by atoms with van der Waals surface area (Å²) in [5, 5.41) is 28.6. The summed E-state index contributed by atoms with van der Waals surface area (Å²) < 4.78 is 0. The van der Waals surface area contributed by atoms with Crippen LogP contribution in [0.15, 0.2) is 29.3 Å². The van der Waals surface area contributed by atoms with E-state index in [1.807, 2.05) is 0 Å². The average Bonchev–Trinajstić information content (AvgIpc) is 2.38. The maximum Gasteiger partial charge on any atom is 0.258 e. The Morgan fingerprint density at radius 1 is 1.33 bits per heavy atom. The fourth-order valence-electron chi connectivity index (χ4n) is 1.78. The van der Waals surface area contributed by atoms with Crippen molar-refractivity contribution in [3.63, 3.8) is 0 Å². The molecule has 2 unspecified atom stereocenters. The Morgan fingerprint density at radius 3 is 2.83 bits per heavy atom. The number of hydrogen-bond acceptors (Lipinski definition) is 5. The van der Waals surface area contributed by atoms with Crippen LogP contribution >= 0.6 is 0 Å². The summed E-state index contributed by atoms with van der Waals surface area (Å²) in [7, 11) is 0. The second kappa shape index (κ2) is 5.26. The van der Waals surface area contributed by atoms with Crippen LogP contribution in [0.3, 0.4) is 0 Å². The maximum absolute atomic E-state index is 11.5. The van der Waals surface area contributed by atoms with Crippen molar-refractivity contribution in [2.45, 2.75) is 18.6 Å². The van der Waals surface area contributed by atoms with E-state index >= 15 is 0 Å². The van der Waals surface area contributed by atoms with Crippen LogP contribution in [0, 0.1) is 0 Å². The van der Waals surface area contributed by atoms with Crippen LogP contribution in [0.4, 0.5) is 0 Å². The monoisotopic (exact) mass is 250 g/mol. The maximum atomic E-state index is 11.5. The summed E-state index contributed by atoms with van der Waals surface area (Å²) in [5.41, 5.74) is 0.657. The number of fused-ring (bicyclic) bond motifs is 1. The van der Waals surface area contributed by atoms with Gasteiger partial charge in [0.15, 0.2) is 0 Å². The molecule has 0 radical (unpaired) electrons. The number of benzene rings is 1. The lowest BCUT2D eigenvalue weighted by Gasteiger charge is -2.17. The molecule has 1 aromatic carbocycles. The Morgan fingerprint density at radius 2 is 2.11 bits per heavy atom. The van der Waals surface area contributed by atoms with Gasteiger partial charge in [-0.15, -0.1) is 0 Å². The molecule has 18 heavy (non-hydrogen) atoms. The zero-order valence-corrected chi connectivity index (χ0v) is 9.58. The third-order valence-electron chi connectivity index (χ3n) is 2.80. The molecule has 0 bridgehead atoms. The van der Waals surface area contributed by atoms with Crippen molar-refractivity contribution in [3.05, 3.63) is 40.4 Å². The molecule has 96 valence electrons. The molecule has 0 aliphatic carbocycles. The lowest BCUT2D eigenvalue weighted by molar-refractivity contribution is 0.00428. The number of H-pyrrole nitrogens is 1. The van der Waals surface area contributed by atoms with Crippen molar-refractivity contribution in [1.82, 2.24) is 9.97 Å². The largest absolute Gasteiger partial charge is 0.396 e. The van der Waals surface area contributed by atoms with E-state index in [0.29, 0.717) is 16.5 Å². The first-order valence-electron chi connectivity index (χ1n) is 5.58. The standard InChI is InChI=1S/C12H14N2O4/c15-4-3-10(16)11(17)7-1-2-8-9(5-7)13-6-14-12(8)18/h1-2,5-6,10-11,15-17H,3-4H2,(H,13,14,18). The van der Waals surface area contributed by atoms with Crippen LogP contribution < -0.4 is 5.56 Å². The Bertz CT molecular complexity index is 596. The van der Waals surface area contributed by atoms with E-state index in [0.717, 1.165) is 0 Å². The van der Waals surface area contributed by atoms with Crippen molar-refractivity contribution < 1.29 is 15.3 Å². The number of rotatable bonds is 4. The summed E-state index contributed by atoms with van der Waals surface area (Å²) in [4.78, 5) is 17.9.